The van der Waals surface area contributed by atoms with Crippen molar-refractivity contribution in [2.24, 2.45) is 12.0 Å². The van der Waals surface area contributed by atoms with Crippen molar-refractivity contribution < 1.29 is 17.9 Å². The monoisotopic (exact) mass is 495 g/mol. The molecule has 1 heterocycles. The average Bonchev–Trinajstić information content (AvgIpc) is 3.13. The maximum atomic E-state index is 12.8. The lowest BCUT2D eigenvalue weighted by Gasteiger charge is -2.09. The van der Waals surface area contributed by atoms with E-state index in [1.165, 1.54) is 36.1 Å². The summed E-state index contributed by atoms with van der Waals surface area (Å²) in [5.41, 5.74) is 2.97. The number of ether oxygens (including phenoxy) is 1. The number of nitrogens with one attached hydrogen (secondary N) is 1. The lowest BCUT2D eigenvalue weighted by molar-refractivity contribution is 0.0998. The Kier molecular flexibility index (Phi) is 6.58. The van der Waals surface area contributed by atoms with Crippen molar-refractivity contribution in [2.75, 3.05) is 11.8 Å². The van der Waals surface area contributed by atoms with Gasteiger partial charge in [0.25, 0.3) is 15.9 Å². The molecule has 1 N–H and O–H groups in total. The molecule has 0 saturated carbocycles. The minimum Gasteiger partial charge on any atom is -0.497 e. The van der Waals surface area contributed by atoms with Crippen LogP contribution in [0.5, 0.6) is 5.75 Å². The van der Waals surface area contributed by atoms with E-state index >= 15 is 0 Å². The van der Waals surface area contributed by atoms with Gasteiger partial charge in [-0.1, -0.05) is 31.3 Å². The Bertz CT molecular complexity index is 1520. The van der Waals surface area contributed by atoms with Crippen molar-refractivity contribution in [1.29, 1.82) is 0 Å². The molecular weight excluding hydrogens is 470 g/mol. The standard InChI is InChI=1S/C25H25N3O4S2/c1-16(2)18-7-14-22-23(15-18)33-25(28(22)3)26-24(29)17-5-8-19(9-6-17)27-34(30,31)21-12-10-20(32-4)11-13-21/h5-16,27H,1-4H3. The number of benzene rings is 3. The fourth-order valence-electron chi connectivity index (χ4n) is 3.42. The molecule has 0 aliphatic carbocycles. The molecule has 0 radical (unpaired) electrons. The second-order valence-corrected chi connectivity index (χ2v) is 10.8. The molecule has 176 valence electrons. The smallest absolute Gasteiger partial charge is 0.279 e. The molecular formula is C25H25N3O4S2. The molecule has 0 aliphatic heterocycles. The summed E-state index contributed by atoms with van der Waals surface area (Å²) in [7, 11) is -0.366. The summed E-state index contributed by atoms with van der Waals surface area (Å²) in [4.78, 5) is 17.8. The molecule has 0 unspecified atom stereocenters. The predicted octanol–water partition coefficient (Wildman–Crippen LogP) is 4.91. The highest BCUT2D eigenvalue weighted by molar-refractivity contribution is 7.92. The van der Waals surface area contributed by atoms with Gasteiger partial charge in [0.1, 0.15) is 5.75 Å². The van der Waals surface area contributed by atoms with Gasteiger partial charge in [-0.15, -0.1) is 0 Å². The van der Waals surface area contributed by atoms with Gasteiger partial charge in [0.05, 0.1) is 22.2 Å². The number of fused-ring (bicyclic) bond motifs is 1. The quantitative estimate of drug-likeness (QED) is 0.411. The topological polar surface area (TPSA) is 89.8 Å². The number of hydrogen-bond donors (Lipinski definition) is 1. The summed E-state index contributed by atoms with van der Waals surface area (Å²) in [5.74, 6) is 0.591. The van der Waals surface area contributed by atoms with Crippen LogP contribution in [0.3, 0.4) is 0 Å². The van der Waals surface area contributed by atoms with Gasteiger partial charge in [-0.2, -0.15) is 4.99 Å². The average molecular weight is 496 g/mol. The molecule has 7 nitrogen and oxygen atoms in total. The molecule has 34 heavy (non-hydrogen) atoms. The lowest BCUT2D eigenvalue weighted by atomic mass is 10.0. The van der Waals surface area contributed by atoms with Gasteiger partial charge in [-0.05, 0) is 72.1 Å². The molecule has 1 aromatic heterocycles. The fourth-order valence-corrected chi connectivity index (χ4v) is 5.54. The van der Waals surface area contributed by atoms with Crippen LogP contribution in [0.4, 0.5) is 5.69 Å². The van der Waals surface area contributed by atoms with Gasteiger partial charge < -0.3 is 9.30 Å². The van der Waals surface area contributed by atoms with Crippen LogP contribution >= 0.6 is 11.3 Å². The van der Waals surface area contributed by atoms with E-state index in [1.807, 2.05) is 17.7 Å². The fraction of sp³-hybridized carbons (Fsp3) is 0.200. The lowest BCUT2D eigenvalue weighted by Crippen LogP contribution is -2.14. The van der Waals surface area contributed by atoms with Crippen LogP contribution in [-0.2, 0) is 17.1 Å². The number of thiazole rings is 1. The number of carbonyl (C=O) groups excluding carboxylic acids is 1. The summed E-state index contributed by atoms with van der Waals surface area (Å²) in [6.45, 7) is 4.29. The number of nitrogens with zero attached hydrogens (tertiary/aromatic N) is 2. The van der Waals surface area contributed by atoms with Crippen LogP contribution in [0, 0.1) is 0 Å². The Hall–Kier alpha value is -3.43. The van der Waals surface area contributed by atoms with Crippen molar-refractivity contribution in [1.82, 2.24) is 4.57 Å². The molecule has 0 atom stereocenters. The predicted molar refractivity (Wildman–Crippen MR) is 135 cm³/mol. The molecule has 0 aliphatic rings. The van der Waals surface area contributed by atoms with Gasteiger partial charge in [-0.25, -0.2) is 8.42 Å². The summed E-state index contributed by atoms with van der Waals surface area (Å²) in [5, 5.41) is 0. The Labute approximate surface area is 202 Å². The highest BCUT2D eigenvalue weighted by Crippen LogP contribution is 2.23. The number of sulfonamides is 1. The largest absolute Gasteiger partial charge is 0.497 e. The van der Waals surface area contributed by atoms with Crippen molar-refractivity contribution >= 4 is 43.2 Å². The van der Waals surface area contributed by atoms with E-state index in [1.54, 1.807) is 36.4 Å². The number of aryl methyl sites for hydroxylation is 1. The molecule has 0 spiro atoms. The zero-order chi connectivity index (χ0) is 24.5. The summed E-state index contributed by atoms with van der Waals surface area (Å²) in [6, 6.07) is 18.6. The van der Waals surface area contributed by atoms with Crippen LogP contribution in [0.25, 0.3) is 10.2 Å². The molecule has 4 rings (SSSR count). The van der Waals surface area contributed by atoms with Gasteiger partial charge in [0.2, 0.25) is 0 Å². The van der Waals surface area contributed by atoms with Crippen LogP contribution in [0.1, 0.15) is 35.7 Å². The Morgan fingerprint density at radius 1 is 1.03 bits per heavy atom. The highest BCUT2D eigenvalue weighted by atomic mass is 32.2. The van der Waals surface area contributed by atoms with Crippen LogP contribution in [-0.4, -0.2) is 26.0 Å². The summed E-state index contributed by atoms with van der Waals surface area (Å²) >= 11 is 1.46. The SMILES string of the molecule is COc1ccc(S(=O)(=O)Nc2ccc(C(=O)N=c3sc4cc(C(C)C)ccc4n3C)cc2)cc1. The number of amides is 1. The Balaban J connectivity index is 1.55. The Morgan fingerprint density at radius 3 is 2.32 bits per heavy atom. The highest BCUT2D eigenvalue weighted by Gasteiger charge is 2.15. The minimum atomic E-state index is -3.77. The van der Waals surface area contributed by atoms with E-state index < -0.39 is 15.9 Å². The second kappa shape index (κ2) is 9.44. The second-order valence-electron chi connectivity index (χ2n) is 8.10. The first kappa shape index (κ1) is 23.7. The minimum absolute atomic E-state index is 0.112. The van der Waals surface area contributed by atoms with Crippen molar-refractivity contribution in [3.8, 4) is 5.75 Å². The van der Waals surface area contributed by atoms with Crippen LogP contribution in [0.15, 0.2) is 76.6 Å². The molecule has 3 aromatic carbocycles. The number of hydrogen-bond acceptors (Lipinski definition) is 5. The van der Waals surface area contributed by atoms with Crippen molar-refractivity contribution in [2.45, 2.75) is 24.7 Å². The van der Waals surface area contributed by atoms with E-state index in [9.17, 15) is 13.2 Å². The van der Waals surface area contributed by atoms with E-state index in [0.717, 1.165) is 10.2 Å². The number of aromatic nitrogens is 1. The zero-order valence-electron chi connectivity index (χ0n) is 19.3. The van der Waals surface area contributed by atoms with Gasteiger partial charge in [-0.3, -0.25) is 9.52 Å². The van der Waals surface area contributed by atoms with Crippen LogP contribution in [0.2, 0.25) is 0 Å². The van der Waals surface area contributed by atoms with E-state index in [4.69, 9.17) is 4.74 Å². The van der Waals surface area contributed by atoms with Gasteiger partial charge >= 0.3 is 0 Å². The molecule has 9 heteroatoms. The van der Waals surface area contributed by atoms with Gasteiger partial charge in [0.15, 0.2) is 4.80 Å². The molecule has 0 bridgehead atoms. The van der Waals surface area contributed by atoms with E-state index in [0.29, 0.717) is 27.7 Å². The number of methoxy groups -OCH3 is 1. The van der Waals surface area contributed by atoms with E-state index in [2.05, 4.69) is 35.7 Å². The van der Waals surface area contributed by atoms with E-state index in [-0.39, 0.29) is 4.90 Å². The first-order valence-electron chi connectivity index (χ1n) is 10.6. The van der Waals surface area contributed by atoms with Crippen molar-refractivity contribution in [3.05, 3.63) is 82.7 Å². The molecule has 0 saturated heterocycles. The van der Waals surface area contributed by atoms with Gasteiger partial charge in [0, 0.05) is 18.3 Å². The maximum absolute atomic E-state index is 12.8. The van der Waals surface area contributed by atoms with Crippen LogP contribution < -0.4 is 14.3 Å². The third-order valence-corrected chi connectivity index (χ3v) is 7.94. The molecule has 0 fully saturated rings. The van der Waals surface area contributed by atoms with Crippen molar-refractivity contribution in [3.63, 3.8) is 0 Å². The molecule has 4 aromatic rings. The first-order chi connectivity index (χ1) is 16.2. The third-order valence-electron chi connectivity index (χ3n) is 5.45. The summed E-state index contributed by atoms with van der Waals surface area (Å²) < 4.78 is 35.8. The maximum Gasteiger partial charge on any atom is 0.279 e. The summed E-state index contributed by atoms with van der Waals surface area (Å²) in [6.07, 6.45) is 0. The number of rotatable bonds is 6. The molecule has 1 amide bonds. The first-order valence-corrected chi connectivity index (χ1v) is 12.9. The normalized spacial score (nSPS) is 12.3. The third kappa shape index (κ3) is 4.90. The zero-order valence-corrected chi connectivity index (χ0v) is 20.9. The number of carbonyl (C=O) groups is 1. The Morgan fingerprint density at radius 2 is 1.71 bits per heavy atom. The number of anilines is 1.